The smallest absolute Gasteiger partial charge is 0.407 e. The van der Waals surface area contributed by atoms with Crippen LogP contribution in [0.15, 0.2) is 18.2 Å². The average molecular weight is 542 g/mol. The molecule has 0 spiro atoms. The molecule has 1 aromatic rings. The van der Waals surface area contributed by atoms with Crippen molar-refractivity contribution in [2.75, 3.05) is 31.1 Å². The third kappa shape index (κ3) is 5.93. The zero-order valence-electron chi connectivity index (χ0n) is 23.4. The number of imide groups is 2. The second-order valence-electron chi connectivity index (χ2n) is 11.2. The second kappa shape index (κ2) is 11.3. The number of fused-ring (bicyclic) bond motifs is 1. The summed E-state index contributed by atoms with van der Waals surface area (Å²) in [5.41, 5.74) is 0.814. The molecule has 2 N–H and O–H groups in total. The van der Waals surface area contributed by atoms with E-state index in [4.69, 9.17) is 4.74 Å². The van der Waals surface area contributed by atoms with Crippen LogP contribution >= 0.6 is 0 Å². The Morgan fingerprint density at radius 3 is 2.28 bits per heavy atom. The highest BCUT2D eigenvalue weighted by atomic mass is 16.6. The molecular weight excluding hydrogens is 502 g/mol. The predicted octanol–water partition coefficient (Wildman–Crippen LogP) is 2.29. The van der Waals surface area contributed by atoms with E-state index in [0.717, 1.165) is 43.9 Å². The molecule has 3 saturated heterocycles. The van der Waals surface area contributed by atoms with Gasteiger partial charge in [0, 0.05) is 38.6 Å². The van der Waals surface area contributed by atoms with E-state index in [1.54, 1.807) is 12.1 Å². The van der Waals surface area contributed by atoms with Crippen molar-refractivity contribution in [1.82, 2.24) is 20.4 Å². The molecule has 0 aliphatic carbocycles. The number of carbonyl (C=O) groups excluding carboxylic acids is 5. The van der Waals surface area contributed by atoms with Gasteiger partial charge in [-0.2, -0.15) is 0 Å². The molecule has 1 aromatic carbocycles. The van der Waals surface area contributed by atoms with Gasteiger partial charge in [-0.1, -0.05) is 19.9 Å². The summed E-state index contributed by atoms with van der Waals surface area (Å²) < 4.78 is 5.33. The van der Waals surface area contributed by atoms with E-state index in [2.05, 4.69) is 20.4 Å². The van der Waals surface area contributed by atoms with Gasteiger partial charge in [0.15, 0.2) is 0 Å². The van der Waals surface area contributed by atoms with Crippen LogP contribution in [0.25, 0.3) is 0 Å². The third-order valence-electron chi connectivity index (χ3n) is 7.40. The average Bonchev–Trinajstić information content (AvgIpc) is 3.12. The van der Waals surface area contributed by atoms with Gasteiger partial charge >= 0.3 is 6.09 Å². The van der Waals surface area contributed by atoms with Crippen molar-refractivity contribution in [2.24, 2.45) is 0 Å². The van der Waals surface area contributed by atoms with Gasteiger partial charge in [-0.25, -0.2) is 4.79 Å². The third-order valence-corrected chi connectivity index (χ3v) is 7.40. The number of nitrogens with one attached hydrogen (secondary N) is 2. The van der Waals surface area contributed by atoms with E-state index < -0.39 is 41.4 Å². The minimum absolute atomic E-state index is 0.0761. The van der Waals surface area contributed by atoms with Crippen LogP contribution in [0.3, 0.4) is 0 Å². The summed E-state index contributed by atoms with van der Waals surface area (Å²) in [5.74, 6) is -1.97. The molecule has 11 heteroatoms. The van der Waals surface area contributed by atoms with E-state index in [9.17, 15) is 24.0 Å². The van der Waals surface area contributed by atoms with Gasteiger partial charge in [0.1, 0.15) is 11.6 Å². The van der Waals surface area contributed by atoms with Crippen LogP contribution in [0.1, 0.15) is 81.0 Å². The van der Waals surface area contributed by atoms with Crippen LogP contribution in [0, 0.1) is 0 Å². The molecule has 4 aliphatic heterocycles. The summed E-state index contributed by atoms with van der Waals surface area (Å²) in [6.45, 7) is 12.5. The summed E-state index contributed by atoms with van der Waals surface area (Å²) in [4.78, 5) is 67.9. The Labute approximate surface area is 229 Å². The number of piperidine rings is 2. The number of carbonyl (C=O) groups is 5. The molecule has 4 heterocycles. The largest absolute Gasteiger partial charge is 0.444 e. The highest BCUT2D eigenvalue weighted by molar-refractivity contribution is 6.25. The van der Waals surface area contributed by atoms with Crippen molar-refractivity contribution in [2.45, 2.75) is 84.0 Å². The van der Waals surface area contributed by atoms with E-state index >= 15 is 0 Å². The number of ether oxygens (including phenoxy) is 1. The fraction of sp³-hybridized carbons (Fsp3) is 0.607. The van der Waals surface area contributed by atoms with Crippen LogP contribution < -0.4 is 15.5 Å². The Morgan fingerprint density at radius 1 is 1.00 bits per heavy atom. The van der Waals surface area contributed by atoms with Crippen LogP contribution in [0.4, 0.5) is 10.5 Å². The fourth-order valence-corrected chi connectivity index (χ4v) is 5.61. The molecule has 5 rings (SSSR count). The minimum atomic E-state index is -0.975. The second-order valence-corrected chi connectivity index (χ2v) is 11.2. The summed E-state index contributed by atoms with van der Waals surface area (Å²) in [6, 6.07) is 4.71. The van der Waals surface area contributed by atoms with Gasteiger partial charge in [0.25, 0.3) is 11.8 Å². The Balaban J connectivity index is 0.00000172. The molecule has 212 valence electrons. The first-order chi connectivity index (χ1) is 18.5. The van der Waals surface area contributed by atoms with Crippen molar-refractivity contribution in [3.8, 4) is 0 Å². The van der Waals surface area contributed by atoms with Crippen LogP contribution in [-0.2, 0) is 14.3 Å². The van der Waals surface area contributed by atoms with Crippen molar-refractivity contribution in [3.63, 3.8) is 0 Å². The summed E-state index contributed by atoms with van der Waals surface area (Å²) in [7, 11) is 0. The summed E-state index contributed by atoms with van der Waals surface area (Å²) in [5, 5.41) is 5.15. The highest BCUT2D eigenvalue weighted by Gasteiger charge is 2.46. The van der Waals surface area contributed by atoms with Gasteiger partial charge in [-0.15, -0.1) is 0 Å². The Kier molecular flexibility index (Phi) is 8.29. The molecular formula is C28H39N5O6. The molecule has 39 heavy (non-hydrogen) atoms. The van der Waals surface area contributed by atoms with E-state index in [-0.39, 0.29) is 18.9 Å². The molecule has 3 fully saturated rings. The zero-order valence-corrected chi connectivity index (χ0v) is 23.4. The molecule has 5 amide bonds. The number of likely N-dealkylation sites (tertiary alicyclic amines) is 1. The maximum Gasteiger partial charge on any atom is 0.407 e. The van der Waals surface area contributed by atoms with Gasteiger partial charge in [-0.05, 0) is 52.2 Å². The number of anilines is 1. The Bertz CT molecular complexity index is 1150. The standard InChI is InChI=1S/C26H33N5O6.C2H6/c1-26(2,3)37-25(36)27-15-13-30(14-15)16-9-11-29(12-10-16)18-6-4-5-17-21(18)24(35)31(23(17)34)19-7-8-20(32)28-22(19)33;1-2/h4-6,15-16,19H,7-14H2,1-3H3,(H,27,36)(H,28,32,33);1-2H3. The van der Waals surface area contributed by atoms with Gasteiger partial charge < -0.3 is 15.0 Å². The van der Waals surface area contributed by atoms with E-state index in [1.165, 1.54) is 0 Å². The van der Waals surface area contributed by atoms with Crippen LogP contribution in [0.5, 0.6) is 0 Å². The summed E-state index contributed by atoms with van der Waals surface area (Å²) in [6.07, 6.45) is 1.62. The number of benzene rings is 1. The van der Waals surface area contributed by atoms with Crippen molar-refractivity contribution >= 4 is 35.4 Å². The Morgan fingerprint density at radius 2 is 1.67 bits per heavy atom. The monoisotopic (exact) mass is 541 g/mol. The summed E-state index contributed by atoms with van der Waals surface area (Å²) >= 11 is 0. The first-order valence-corrected chi connectivity index (χ1v) is 13.8. The fourth-order valence-electron chi connectivity index (χ4n) is 5.61. The van der Waals surface area contributed by atoms with Gasteiger partial charge in [0.05, 0.1) is 22.9 Å². The molecule has 4 aliphatic rings. The number of hydrogen-bond acceptors (Lipinski definition) is 8. The lowest BCUT2D eigenvalue weighted by Crippen LogP contribution is -2.63. The highest BCUT2D eigenvalue weighted by Crippen LogP contribution is 2.36. The maximum absolute atomic E-state index is 13.4. The van der Waals surface area contributed by atoms with Gasteiger partial charge in [0.2, 0.25) is 11.8 Å². The van der Waals surface area contributed by atoms with Crippen molar-refractivity contribution in [1.29, 1.82) is 0 Å². The molecule has 11 nitrogen and oxygen atoms in total. The Hall–Kier alpha value is -3.47. The lowest BCUT2D eigenvalue weighted by molar-refractivity contribution is -0.136. The first kappa shape index (κ1) is 28.5. The number of rotatable bonds is 4. The SMILES string of the molecule is CC.CC(C)(C)OC(=O)NC1CN(C2CCN(c3cccc4c3C(=O)N(C3CCC(=O)NC3=O)C4=O)CC2)C1. The van der Waals surface area contributed by atoms with Crippen LogP contribution in [-0.4, -0.2) is 89.4 Å². The quantitative estimate of drug-likeness (QED) is 0.556. The topological polar surface area (TPSA) is 128 Å². The lowest BCUT2D eigenvalue weighted by atomic mass is 9.96. The molecule has 0 radical (unpaired) electrons. The predicted molar refractivity (Wildman–Crippen MR) is 144 cm³/mol. The van der Waals surface area contributed by atoms with Gasteiger partial charge in [-0.3, -0.25) is 34.3 Å². The molecule has 1 unspecified atom stereocenters. The number of hydrogen-bond donors (Lipinski definition) is 2. The molecule has 0 bridgehead atoms. The maximum atomic E-state index is 13.4. The van der Waals surface area contributed by atoms with Crippen molar-refractivity contribution < 1.29 is 28.7 Å². The number of nitrogens with zero attached hydrogens (tertiary/aromatic N) is 3. The van der Waals surface area contributed by atoms with E-state index in [1.807, 2.05) is 40.7 Å². The molecule has 0 saturated carbocycles. The lowest BCUT2D eigenvalue weighted by Gasteiger charge is -2.47. The molecule has 0 aromatic heterocycles. The molecule has 1 atom stereocenters. The zero-order chi connectivity index (χ0) is 28.5. The van der Waals surface area contributed by atoms with Crippen molar-refractivity contribution in [3.05, 3.63) is 29.3 Å². The first-order valence-electron chi connectivity index (χ1n) is 13.8. The minimum Gasteiger partial charge on any atom is -0.444 e. The number of amides is 5. The normalized spacial score (nSPS) is 22.5. The van der Waals surface area contributed by atoms with Crippen LogP contribution in [0.2, 0.25) is 0 Å². The number of alkyl carbamates (subject to hydrolysis) is 1. The van der Waals surface area contributed by atoms with E-state index in [0.29, 0.717) is 22.9 Å².